The zero-order valence-electron chi connectivity index (χ0n) is 17.1. The minimum Gasteiger partial charge on any atom is -0.492 e. The highest BCUT2D eigenvalue weighted by atomic mass is 35.5. The van der Waals surface area contributed by atoms with Gasteiger partial charge in [0.15, 0.2) is 0 Å². The Labute approximate surface area is 194 Å². The Balaban J connectivity index is 2.63. The van der Waals surface area contributed by atoms with Crippen molar-refractivity contribution in [3.05, 3.63) is 22.7 Å². The van der Waals surface area contributed by atoms with Crippen molar-refractivity contribution in [2.24, 2.45) is 0 Å². The first kappa shape index (κ1) is 26.2. The Morgan fingerprint density at radius 1 is 1.29 bits per heavy atom. The van der Waals surface area contributed by atoms with Crippen LogP contribution in [0.4, 0.5) is 4.79 Å². The fraction of sp³-hybridized carbons (Fsp3) is 0.471. The summed E-state index contributed by atoms with van der Waals surface area (Å²) in [5, 5.41) is 0.677. The smallest absolute Gasteiger partial charge is 0.424 e. The summed E-state index contributed by atoms with van der Waals surface area (Å²) in [5.41, 5.74) is -0.843. The van der Waals surface area contributed by atoms with Crippen molar-refractivity contribution in [1.82, 2.24) is 4.31 Å². The monoisotopic (exact) mass is 533 g/mol. The molecule has 1 heterocycles. The third-order valence-corrected chi connectivity index (χ3v) is 8.76. The van der Waals surface area contributed by atoms with Gasteiger partial charge in [0, 0.05) is 11.5 Å². The molecular weight excluding hydrogens is 512 g/mol. The summed E-state index contributed by atoms with van der Waals surface area (Å²) in [5.74, 6) is 0.618. The summed E-state index contributed by atoms with van der Waals surface area (Å²) < 4.78 is 48.9. The molecule has 0 spiro atoms. The molecule has 0 unspecified atom stereocenters. The molecule has 0 aliphatic carbocycles. The summed E-state index contributed by atoms with van der Waals surface area (Å²) >= 11 is 12.7. The summed E-state index contributed by atoms with van der Waals surface area (Å²) in [6.45, 7) is 6.21. The molecule has 0 fully saturated rings. The second kappa shape index (κ2) is 9.43. The number of alkyl halides is 1. The van der Waals surface area contributed by atoms with Crippen LogP contribution in [-0.2, 0) is 19.3 Å². The second-order valence-corrected chi connectivity index (χ2v) is 12.9. The molecule has 0 atom stereocenters. The first-order chi connectivity index (χ1) is 14.1. The largest absolute Gasteiger partial charge is 0.492 e. The quantitative estimate of drug-likeness (QED) is 0.391. The van der Waals surface area contributed by atoms with E-state index in [1.54, 1.807) is 6.07 Å². The second-order valence-electron chi connectivity index (χ2n) is 7.47. The molecule has 174 valence electrons. The Kier molecular flexibility index (Phi) is 7.96. The van der Waals surface area contributed by atoms with Gasteiger partial charge in [-0.1, -0.05) is 11.6 Å². The van der Waals surface area contributed by atoms with Gasteiger partial charge in [-0.05, 0) is 39.3 Å². The minimum absolute atomic E-state index is 0.0511. The number of halogens is 2. The predicted octanol–water partition coefficient (Wildman–Crippen LogP) is 4.54. The van der Waals surface area contributed by atoms with Crippen molar-refractivity contribution in [3.8, 4) is 5.75 Å². The lowest BCUT2D eigenvalue weighted by molar-refractivity contribution is 0.0404. The van der Waals surface area contributed by atoms with E-state index in [1.165, 1.54) is 33.8 Å². The molecule has 0 aliphatic rings. The number of nitrogens with zero attached hydrogens (tertiary/aromatic N) is 1. The first-order valence-electron chi connectivity index (χ1n) is 8.78. The maximum Gasteiger partial charge on any atom is 0.424 e. The van der Waals surface area contributed by atoms with E-state index >= 15 is 0 Å². The zero-order valence-corrected chi connectivity index (χ0v) is 21.1. The zero-order chi connectivity index (χ0) is 23.8. The lowest BCUT2D eigenvalue weighted by Gasteiger charge is -2.26. The number of amides is 1. The molecule has 1 amide bonds. The van der Waals surface area contributed by atoms with Gasteiger partial charge in [-0.15, -0.1) is 22.9 Å². The van der Waals surface area contributed by atoms with E-state index in [-0.39, 0.29) is 31.6 Å². The Morgan fingerprint density at radius 3 is 2.42 bits per heavy atom. The SMILES string of the molecule is Cc1c(S(=O)(=O)N(CP(=O)(O)O)C(=O)OC(C)(C)C)sc2c(Cl)cc(OCCCl)cc12. The van der Waals surface area contributed by atoms with Crippen LogP contribution in [0.2, 0.25) is 5.02 Å². The summed E-state index contributed by atoms with van der Waals surface area (Å²) in [7, 11) is -9.63. The number of sulfonamides is 1. The first-order valence-corrected chi connectivity index (χ1v) is 13.7. The number of fused-ring (bicyclic) bond motifs is 1. The van der Waals surface area contributed by atoms with Crippen molar-refractivity contribution in [2.45, 2.75) is 37.5 Å². The number of ether oxygens (including phenoxy) is 2. The van der Waals surface area contributed by atoms with E-state index in [1.807, 2.05) is 0 Å². The maximum atomic E-state index is 13.3. The van der Waals surface area contributed by atoms with Crippen molar-refractivity contribution in [2.75, 3.05) is 18.8 Å². The van der Waals surface area contributed by atoms with Gasteiger partial charge in [0.25, 0.3) is 10.0 Å². The number of hydrogen-bond donors (Lipinski definition) is 2. The number of carbonyl (C=O) groups excluding carboxylic acids is 1. The Bertz CT molecular complexity index is 1140. The van der Waals surface area contributed by atoms with E-state index in [4.69, 9.17) is 32.7 Å². The highest BCUT2D eigenvalue weighted by molar-refractivity contribution is 7.92. The van der Waals surface area contributed by atoms with Crippen LogP contribution in [0.3, 0.4) is 0 Å². The number of thiophene rings is 1. The van der Waals surface area contributed by atoms with Crippen molar-refractivity contribution in [3.63, 3.8) is 0 Å². The number of rotatable bonds is 7. The molecule has 0 saturated heterocycles. The van der Waals surface area contributed by atoms with Crippen molar-refractivity contribution in [1.29, 1.82) is 0 Å². The molecule has 1 aromatic carbocycles. The van der Waals surface area contributed by atoms with E-state index in [9.17, 15) is 27.6 Å². The lowest BCUT2D eigenvalue weighted by Crippen LogP contribution is -2.41. The highest BCUT2D eigenvalue weighted by Crippen LogP contribution is 2.44. The van der Waals surface area contributed by atoms with Crippen LogP contribution in [-0.4, -0.2) is 53.0 Å². The average molecular weight is 534 g/mol. The fourth-order valence-corrected chi connectivity index (χ4v) is 7.24. The van der Waals surface area contributed by atoms with Crippen LogP contribution in [0.25, 0.3) is 10.1 Å². The molecule has 9 nitrogen and oxygen atoms in total. The van der Waals surface area contributed by atoms with Gasteiger partial charge in [0.2, 0.25) is 0 Å². The maximum absolute atomic E-state index is 13.3. The fourth-order valence-electron chi connectivity index (χ4n) is 2.53. The van der Waals surface area contributed by atoms with Crippen LogP contribution in [0.15, 0.2) is 16.3 Å². The van der Waals surface area contributed by atoms with Crippen LogP contribution in [0.5, 0.6) is 5.75 Å². The highest BCUT2D eigenvalue weighted by Gasteiger charge is 2.39. The van der Waals surface area contributed by atoms with Gasteiger partial charge in [0.1, 0.15) is 28.5 Å². The molecule has 31 heavy (non-hydrogen) atoms. The third-order valence-electron chi connectivity index (χ3n) is 3.70. The summed E-state index contributed by atoms with van der Waals surface area (Å²) in [4.78, 5) is 31.3. The Hall–Kier alpha value is -1.07. The molecule has 0 radical (unpaired) electrons. The molecule has 1 aromatic heterocycles. The molecule has 2 N–H and O–H groups in total. The van der Waals surface area contributed by atoms with Gasteiger partial charge in [-0.25, -0.2) is 4.79 Å². The van der Waals surface area contributed by atoms with Crippen LogP contribution in [0.1, 0.15) is 26.3 Å². The number of aryl methyl sites for hydroxylation is 1. The summed E-state index contributed by atoms with van der Waals surface area (Å²) in [6, 6.07) is 3.09. The normalized spacial score (nSPS) is 12.8. The van der Waals surface area contributed by atoms with Gasteiger partial charge in [0.05, 0.1) is 15.6 Å². The molecule has 0 aliphatic heterocycles. The van der Waals surface area contributed by atoms with Gasteiger partial charge < -0.3 is 19.3 Å². The van der Waals surface area contributed by atoms with Crippen LogP contribution in [0, 0.1) is 6.92 Å². The topological polar surface area (TPSA) is 130 Å². The molecule has 0 saturated carbocycles. The third kappa shape index (κ3) is 6.47. The molecule has 14 heteroatoms. The molecule has 2 rings (SSSR count). The van der Waals surface area contributed by atoms with E-state index in [2.05, 4.69) is 0 Å². The van der Waals surface area contributed by atoms with Gasteiger partial charge >= 0.3 is 13.7 Å². The Morgan fingerprint density at radius 2 is 1.90 bits per heavy atom. The van der Waals surface area contributed by atoms with Gasteiger partial charge in [-0.2, -0.15) is 12.7 Å². The number of carbonyl (C=O) groups is 1. The van der Waals surface area contributed by atoms with E-state index in [0.717, 1.165) is 11.3 Å². The number of benzene rings is 1. The van der Waals surface area contributed by atoms with Crippen molar-refractivity contribution >= 4 is 68.3 Å². The van der Waals surface area contributed by atoms with E-state index in [0.29, 0.717) is 15.8 Å². The van der Waals surface area contributed by atoms with E-state index < -0.39 is 35.6 Å². The van der Waals surface area contributed by atoms with Crippen LogP contribution < -0.4 is 4.74 Å². The molecular formula is C17H22Cl2NO8PS2. The molecule has 0 bridgehead atoms. The van der Waals surface area contributed by atoms with Crippen molar-refractivity contribution < 1.29 is 37.0 Å². The molecule has 2 aromatic rings. The summed E-state index contributed by atoms with van der Waals surface area (Å²) in [6.07, 6.45) is -2.76. The predicted molar refractivity (Wildman–Crippen MR) is 120 cm³/mol. The minimum atomic E-state index is -4.95. The average Bonchev–Trinajstić information content (AvgIpc) is 2.94. The lowest BCUT2D eigenvalue weighted by atomic mass is 10.2. The van der Waals surface area contributed by atoms with Gasteiger partial charge in [-0.3, -0.25) is 4.57 Å². The standard InChI is InChI=1S/C17H22Cl2NO8PS2/c1-10-12-7-11(27-6-5-18)8-13(19)14(12)30-15(10)31(25,26)20(9-29(22,23)24)16(21)28-17(2,3)4/h7-8H,5-6,9H2,1-4H3,(H2,22,23,24). The van der Waals surface area contributed by atoms with Crippen LogP contribution >= 0.6 is 42.1 Å². The number of hydrogen-bond acceptors (Lipinski definition) is 7.